The first-order valence-electron chi connectivity index (χ1n) is 7.70. The number of anilines is 1. The van der Waals surface area contributed by atoms with E-state index in [1.165, 1.54) is 31.4 Å². The fraction of sp³-hybridized carbons (Fsp3) is 0.647. The number of rotatable bonds is 5. The van der Waals surface area contributed by atoms with Crippen LogP contribution in [0.5, 0.6) is 5.75 Å². The molecule has 0 aliphatic heterocycles. The second kappa shape index (κ2) is 6.83. The summed E-state index contributed by atoms with van der Waals surface area (Å²) in [7, 11) is 0. The molecule has 1 N–H and O–H groups in total. The fourth-order valence-electron chi connectivity index (χ4n) is 3.19. The molecular weight excluding hydrogens is 234 g/mol. The van der Waals surface area contributed by atoms with Crippen molar-refractivity contribution in [3.05, 3.63) is 24.3 Å². The predicted molar refractivity (Wildman–Crippen MR) is 81.8 cm³/mol. The van der Waals surface area contributed by atoms with Crippen molar-refractivity contribution >= 4 is 5.69 Å². The maximum Gasteiger partial charge on any atom is 0.121 e. The molecule has 2 nitrogen and oxygen atoms in total. The van der Waals surface area contributed by atoms with E-state index in [9.17, 15) is 0 Å². The number of nitrogens with one attached hydrogen (secondary N) is 1. The van der Waals surface area contributed by atoms with Gasteiger partial charge in [0, 0.05) is 17.8 Å². The van der Waals surface area contributed by atoms with Crippen LogP contribution in [0.4, 0.5) is 5.69 Å². The van der Waals surface area contributed by atoms with E-state index in [1.807, 2.05) is 13.0 Å². The maximum atomic E-state index is 5.57. The minimum Gasteiger partial charge on any atom is -0.494 e. The lowest BCUT2D eigenvalue weighted by Gasteiger charge is -2.35. The van der Waals surface area contributed by atoms with Crippen LogP contribution in [0.3, 0.4) is 0 Å². The summed E-state index contributed by atoms with van der Waals surface area (Å²) in [4.78, 5) is 0. The Hall–Kier alpha value is -1.18. The highest BCUT2D eigenvalue weighted by Gasteiger charge is 2.27. The van der Waals surface area contributed by atoms with Crippen molar-refractivity contribution in [1.29, 1.82) is 0 Å². The summed E-state index contributed by atoms with van der Waals surface area (Å²) in [5, 5.41) is 3.73. The summed E-state index contributed by atoms with van der Waals surface area (Å²) >= 11 is 0. The van der Waals surface area contributed by atoms with Crippen molar-refractivity contribution in [2.24, 2.45) is 11.8 Å². The average molecular weight is 261 g/mol. The first kappa shape index (κ1) is 14.2. The molecule has 1 fully saturated rings. The van der Waals surface area contributed by atoms with Crippen LogP contribution in [0.2, 0.25) is 0 Å². The van der Waals surface area contributed by atoms with Crippen LogP contribution < -0.4 is 10.1 Å². The van der Waals surface area contributed by atoms with Gasteiger partial charge in [0.2, 0.25) is 0 Å². The molecule has 106 valence electrons. The van der Waals surface area contributed by atoms with Crippen molar-refractivity contribution in [2.45, 2.75) is 52.5 Å². The van der Waals surface area contributed by atoms with Crippen molar-refractivity contribution in [3.63, 3.8) is 0 Å². The highest BCUT2D eigenvalue weighted by atomic mass is 16.5. The van der Waals surface area contributed by atoms with Crippen LogP contribution in [0.1, 0.15) is 46.5 Å². The maximum absolute atomic E-state index is 5.57. The molecule has 19 heavy (non-hydrogen) atoms. The Kier molecular flexibility index (Phi) is 5.12. The van der Waals surface area contributed by atoms with E-state index in [-0.39, 0.29) is 0 Å². The van der Waals surface area contributed by atoms with Gasteiger partial charge < -0.3 is 10.1 Å². The highest BCUT2D eigenvalue weighted by Crippen LogP contribution is 2.32. The van der Waals surface area contributed by atoms with E-state index in [1.54, 1.807) is 0 Å². The zero-order chi connectivity index (χ0) is 13.7. The molecule has 2 rings (SSSR count). The van der Waals surface area contributed by atoms with Crippen LogP contribution in [0.15, 0.2) is 24.3 Å². The van der Waals surface area contributed by atoms with E-state index >= 15 is 0 Å². The summed E-state index contributed by atoms with van der Waals surface area (Å²) in [5.74, 6) is 2.52. The van der Waals surface area contributed by atoms with Gasteiger partial charge in [-0.25, -0.2) is 0 Å². The molecule has 0 heterocycles. The van der Waals surface area contributed by atoms with E-state index < -0.39 is 0 Å². The molecular formula is C17H27NO. The van der Waals surface area contributed by atoms with E-state index in [4.69, 9.17) is 4.74 Å². The highest BCUT2D eigenvalue weighted by molar-refractivity contribution is 5.49. The van der Waals surface area contributed by atoms with Gasteiger partial charge in [-0.2, -0.15) is 0 Å². The Morgan fingerprint density at radius 3 is 2.79 bits per heavy atom. The van der Waals surface area contributed by atoms with Gasteiger partial charge in [0.25, 0.3) is 0 Å². The monoisotopic (exact) mass is 261 g/mol. The molecule has 0 amide bonds. The summed E-state index contributed by atoms with van der Waals surface area (Å²) in [6, 6.07) is 8.98. The molecule has 1 aromatic rings. The summed E-state index contributed by atoms with van der Waals surface area (Å²) in [6.07, 6.45) is 5.40. The molecule has 0 spiro atoms. The lowest BCUT2D eigenvalue weighted by molar-refractivity contribution is 0.253. The molecule has 1 aliphatic carbocycles. The standard InChI is InChI=1S/C17H27NO/c1-4-19-15-9-7-8-14(12-15)18-17-11-6-5-10-16(17)13(2)3/h7-9,12-13,16-18H,4-6,10-11H2,1-3H3. The summed E-state index contributed by atoms with van der Waals surface area (Å²) in [5.41, 5.74) is 1.20. The third-order valence-electron chi connectivity index (χ3n) is 4.17. The van der Waals surface area contributed by atoms with Crippen LogP contribution in [-0.2, 0) is 0 Å². The first-order valence-corrected chi connectivity index (χ1v) is 7.70. The fourth-order valence-corrected chi connectivity index (χ4v) is 3.19. The molecule has 2 atom stereocenters. The molecule has 0 saturated heterocycles. The van der Waals surface area contributed by atoms with Crippen molar-refractivity contribution in [3.8, 4) is 5.75 Å². The average Bonchev–Trinajstić information content (AvgIpc) is 2.40. The largest absolute Gasteiger partial charge is 0.494 e. The zero-order valence-electron chi connectivity index (χ0n) is 12.5. The SMILES string of the molecule is CCOc1cccc(NC2CCCCC2C(C)C)c1. The topological polar surface area (TPSA) is 21.3 Å². The Morgan fingerprint density at radius 2 is 2.05 bits per heavy atom. The molecule has 0 radical (unpaired) electrons. The molecule has 0 bridgehead atoms. The Labute approximate surface area is 117 Å². The van der Waals surface area contributed by atoms with E-state index in [0.717, 1.165) is 24.2 Å². The Morgan fingerprint density at radius 1 is 1.26 bits per heavy atom. The smallest absolute Gasteiger partial charge is 0.121 e. The van der Waals surface area contributed by atoms with Gasteiger partial charge >= 0.3 is 0 Å². The minimum absolute atomic E-state index is 0.616. The lowest BCUT2D eigenvalue weighted by Crippen LogP contribution is -2.35. The number of ether oxygens (including phenoxy) is 1. The summed E-state index contributed by atoms with van der Waals surface area (Å²) < 4.78 is 5.57. The van der Waals surface area contributed by atoms with Crippen LogP contribution in [0, 0.1) is 11.8 Å². The molecule has 1 saturated carbocycles. The zero-order valence-corrected chi connectivity index (χ0v) is 12.5. The Bertz CT molecular complexity index is 389. The van der Waals surface area contributed by atoms with Gasteiger partial charge in [-0.3, -0.25) is 0 Å². The molecule has 2 unspecified atom stereocenters. The third kappa shape index (κ3) is 3.89. The Balaban J connectivity index is 2.04. The summed E-state index contributed by atoms with van der Waals surface area (Å²) in [6.45, 7) is 7.44. The van der Waals surface area contributed by atoms with Gasteiger partial charge in [0.15, 0.2) is 0 Å². The normalized spacial score (nSPS) is 23.4. The van der Waals surface area contributed by atoms with Gasteiger partial charge in [0.05, 0.1) is 6.61 Å². The molecule has 1 aliphatic rings. The van der Waals surface area contributed by atoms with E-state index in [2.05, 4.69) is 37.4 Å². The second-order valence-electron chi connectivity index (χ2n) is 5.90. The van der Waals surface area contributed by atoms with Crippen molar-refractivity contribution in [2.75, 3.05) is 11.9 Å². The van der Waals surface area contributed by atoms with Gasteiger partial charge in [-0.1, -0.05) is 32.8 Å². The number of benzene rings is 1. The number of hydrogen-bond acceptors (Lipinski definition) is 2. The quantitative estimate of drug-likeness (QED) is 0.828. The molecule has 1 aromatic carbocycles. The van der Waals surface area contributed by atoms with Gasteiger partial charge in [0.1, 0.15) is 5.75 Å². The third-order valence-corrected chi connectivity index (χ3v) is 4.17. The second-order valence-corrected chi connectivity index (χ2v) is 5.90. The predicted octanol–water partition coefficient (Wildman–Crippen LogP) is 4.71. The lowest BCUT2D eigenvalue weighted by atomic mass is 9.78. The van der Waals surface area contributed by atoms with Gasteiger partial charge in [-0.05, 0) is 43.7 Å². The first-order chi connectivity index (χ1) is 9.20. The van der Waals surface area contributed by atoms with Crippen LogP contribution >= 0.6 is 0 Å². The van der Waals surface area contributed by atoms with Crippen LogP contribution in [0.25, 0.3) is 0 Å². The van der Waals surface area contributed by atoms with Crippen molar-refractivity contribution < 1.29 is 4.74 Å². The molecule has 2 heteroatoms. The van der Waals surface area contributed by atoms with Crippen molar-refractivity contribution in [1.82, 2.24) is 0 Å². The minimum atomic E-state index is 0.616. The number of hydrogen-bond donors (Lipinski definition) is 1. The molecule has 0 aromatic heterocycles. The van der Waals surface area contributed by atoms with Gasteiger partial charge in [-0.15, -0.1) is 0 Å². The van der Waals surface area contributed by atoms with Crippen LogP contribution in [-0.4, -0.2) is 12.6 Å². The van der Waals surface area contributed by atoms with E-state index in [0.29, 0.717) is 6.04 Å².